The van der Waals surface area contributed by atoms with Crippen molar-refractivity contribution in [2.24, 2.45) is 5.92 Å². The van der Waals surface area contributed by atoms with Gasteiger partial charge in [0.25, 0.3) is 5.97 Å². The summed E-state index contributed by atoms with van der Waals surface area (Å²) in [5.41, 5.74) is 0.960. The third-order valence-corrected chi connectivity index (χ3v) is 4.54. The standard InChI is InChI=1S/C23H33N3O7.C2H4O2/c1-13(2)21(22(30)24-11-18(28)12-25-23(31)33-14(3)4)26-20(29)10-17-9-16(15(5)27)7-8-19(17)32-6;1-2(3)4/h7-9,13-14,21H,10-12H2,1-6H3,(H,24,30)(H,25,31)(H,26,29);1H3,(H,3,4). The van der Waals surface area contributed by atoms with Crippen LogP contribution in [0, 0.1) is 5.92 Å². The minimum atomic E-state index is -0.883. The zero-order chi connectivity index (χ0) is 28.7. The highest BCUT2D eigenvalue weighted by Gasteiger charge is 2.25. The average molecular weight is 524 g/mol. The van der Waals surface area contributed by atoms with Crippen molar-refractivity contribution in [1.29, 1.82) is 0 Å². The maximum absolute atomic E-state index is 12.6. The number of carbonyl (C=O) groups is 6. The Morgan fingerprint density at radius 2 is 1.51 bits per heavy atom. The molecule has 1 rings (SSSR count). The van der Waals surface area contributed by atoms with Gasteiger partial charge in [0.1, 0.15) is 11.8 Å². The maximum Gasteiger partial charge on any atom is 0.407 e. The van der Waals surface area contributed by atoms with E-state index in [1.807, 2.05) is 0 Å². The smallest absolute Gasteiger partial charge is 0.407 e. The summed E-state index contributed by atoms with van der Waals surface area (Å²) in [5.74, 6) is -2.17. The number of hydrogen-bond donors (Lipinski definition) is 4. The van der Waals surface area contributed by atoms with Gasteiger partial charge in [0.15, 0.2) is 11.6 Å². The Hall–Kier alpha value is -3.96. The first-order chi connectivity index (χ1) is 17.2. The fraction of sp³-hybridized carbons (Fsp3) is 0.520. The fourth-order valence-corrected chi connectivity index (χ4v) is 2.85. The van der Waals surface area contributed by atoms with Crippen molar-refractivity contribution in [2.45, 2.75) is 60.1 Å². The van der Waals surface area contributed by atoms with Gasteiger partial charge in [-0.05, 0) is 44.9 Å². The van der Waals surface area contributed by atoms with Crippen LogP contribution < -0.4 is 20.7 Å². The lowest BCUT2D eigenvalue weighted by atomic mass is 10.0. The van der Waals surface area contributed by atoms with Crippen LogP contribution in [-0.4, -0.2) is 72.9 Å². The van der Waals surface area contributed by atoms with Crippen molar-refractivity contribution in [3.63, 3.8) is 0 Å². The van der Waals surface area contributed by atoms with Crippen LogP contribution in [0.3, 0.4) is 0 Å². The number of methoxy groups -OCH3 is 1. The van der Waals surface area contributed by atoms with Crippen molar-refractivity contribution in [3.05, 3.63) is 29.3 Å². The van der Waals surface area contributed by atoms with E-state index < -0.39 is 35.7 Å². The van der Waals surface area contributed by atoms with Gasteiger partial charge in [-0.25, -0.2) is 4.79 Å². The number of Topliss-reactive ketones (excluding diaryl/α,β-unsaturated/α-hetero) is 2. The van der Waals surface area contributed by atoms with Crippen LogP contribution in [0.4, 0.5) is 4.79 Å². The summed E-state index contributed by atoms with van der Waals surface area (Å²) in [6, 6.07) is 3.93. The molecule has 0 aliphatic carbocycles. The Kier molecular flexibility index (Phi) is 14.9. The third kappa shape index (κ3) is 14.3. The highest BCUT2D eigenvalue weighted by atomic mass is 16.6. The number of hydrogen-bond acceptors (Lipinski definition) is 8. The minimum Gasteiger partial charge on any atom is -0.496 e. The SMILES string of the molecule is CC(=O)O.COc1ccc(C(C)=O)cc1CC(=O)NC(C(=O)NCC(=O)CNC(=O)OC(C)C)C(C)C. The van der Waals surface area contributed by atoms with Gasteiger partial charge in [0.05, 0.1) is 32.7 Å². The highest BCUT2D eigenvalue weighted by molar-refractivity contribution is 5.95. The molecule has 0 saturated carbocycles. The van der Waals surface area contributed by atoms with Crippen molar-refractivity contribution in [3.8, 4) is 5.75 Å². The summed E-state index contributed by atoms with van der Waals surface area (Å²) in [4.78, 5) is 69.2. The Morgan fingerprint density at radius 1 is 0.946 bits per heavy atom. The Morgan fingerprint density at radius 3 is 2.00 bits per heavy atom. The monoisotopic (exact) mass is 523 g/mol. The van der Waals surface area contributed by atoms with Crippen LogP contribution in [0.1, 0.15) is 57.5 Å². The lowest BCUT2D eigenvalue weighted by Crippen LogP contribution is -2.51. The normalized spacial score (nSPS) is 10.9. The molecule has 206 valence electrons. The molecule has 0 spiro atoms. The summed E-state index contributed by atoms with van der Waals surface area (Å²) in [7, 11) is 1.46. The lowest BCUT2D eigenvalue weighted by molar-refractivity contribution is -0.134. The molecule has 0 saturated heterocycles. The van der Waals surface area contributed by atoms with Crippen LogP contribution >= 0.6 is 0 Å². The van der Waals surface area contributed by atoms with E-state index >= 15 is 0 Å². The van der Waals surface area contributed by atoms with E-state index in [-0.39, 0.29) is 37.3 Å². The predicted molar refractivity (Wildman–Crippen MR) is 134 cm³/mol. The molecule has 4 N–H and O–H groups in total. The van der Waals surface area contributed by atoms with E-state index in [2.05, 4.69) is 16.0 Å². The van der Waals surface area contributed by atoms with Gasteiger partial charge in [-0.3, -0.25) is 24.0 Å². The highest BCUT2D eigenvalue weighted by Crippen LogP contribution is 2.21. The Labute approximate surface area is 216 Å². The topological polar surface area (TPSA) is 177 Å². The second-order valence-corrected chi connectivity index (χ2v) is 8.63. The summed E-state index contributed by atoms with van der Waals surface area (Å²) >= 11 is 0. The van der Waals surface area contributed by atoms with Crippen molar-refractivity contribution in [1.82, 2.24) is 16.0 Å². The zero-order valence-electron chi connectivity index (χ0n) is 22.3. The number of amides is 3. The number of benzene rings is 1. The number of carboxylic acid groups (broad SMARTS) is 1. The number of carbonyl (C=O) groups excluding carboxylic acids is 5. The number of ketones is 2. The van der Waals surface area contributed by atoms with Crippen molar-refractivity contribution < 1.29 is 43.3 Å². The molecule has 0 fully saturated rings. The Bertz CT molecular complexity index is 970. The van der Waals surface area contributed by atoms with Gasteiger partial charge < -0.3 is 30.5 Å². The van der Waals surface area contributed by atoms with Crippen molar-refractivity contribution >= 4 is 35.4 Å². The summed E-state index contributed by atoms with van der Waals surface area (Å²) in [6.45, 7) is 8.77. The first-order valence-electron chi connectivity index (χ1n) is 11.6. The molecule has 0 aliphatic rings. The molecule has 0 radical (unpaired) electrons. The molecule has 0 bridgehead atoms. The van der Waals surface area contributed by atoms with E-state index in [4.69, 9.17) is 19.4 Å². The number of aliphatic carboxylic acids is 1. The van der Waals surface area contributed by atoms with Gasteiger partial charge in [0, 0.05) is 18.1 Å². The molecule has 0 heterocycles. The molecule has 1 aromatic rings. The molecular weight excluding hydrogens is 486 g/mol. The van der Waals surface area contributed by atoms with Crippen LogP contribution in [0.25, 0.3) is 0 Å². The third-order valence-electron chi connectivity index (χ3n) is 4.54. The van der Waals surface area contributed by atoms with Crippen molar-refractivity contribution in [2.75, 3.05) is 20.2 Å². The number of ether oxygens (including phenoxy) is 2. The van der Waals surface area contributed by atoms with E-state index in [9.17, 15) is 24.0 Å². The van der Waals surface area contributed by atoms with Crippen LogP contribution in [-0.2, 0) is 30.3 Å². The van der Waals surface area contributed by atoms with Gasteiger partial charge in [-0.1, -0.05) is 13.8 Å². The number of carboxylic acids is 1. The quantitative estimate of drug-likeness (QED) is 0.296. The zero-order valence-corrected chi connectivity index (χ0v) is 22.3. The largest absolute Gasteiger partial charge is 0.496 e. The molecule has 0 aromatic heterocycles. The fourth-order valence-electron chi connectivity index (χ4n) is 2.85. The molecule has 1 atom stereocenters. The van der Waals surface area contributed by atoms with E-state index in [0.717, 1.165) is 6.92 Å². The molecule has 3 amide bonds. The first-order valence-corrected chi connectivity index (χ1v) is 11.6. The molecule has 0 aliphatic heterocycles. The van der Waals surface area contributed by atoms with Crippen LogP contribution in [0.5, 0.6) is 5.75 Å². The molecule has 1 unspecified atom stereocenters. The second-order valence-electron chi connectivity index (χ2n) is 8.63. The van der Waals surface area contributed by atoms with E-state index in [1.165, 1.54) is 14.0 Å². The van der Waals surface area contributed by atoms with Gasteiger partial charge in [-0.15, -0.1) is 0 Å². The number of alkyl carbamates (subject to hydrolysis) is 1. The van der Waals surface area contributed by atoms with Gasteiger partial charge in [0.2, 0.25) is 11.8 Å². The molecule has 1 aromatic carbocycles. The predicted octanol–water partition coefficient (Wildman–Crippen LogP) is 1.49. The summed E-state index contributed by atoms with van der Waals surface area (Å²) in [6.07, 6.45) is -1.14. The maximum atomic E-state index is 12.6. The van der Waals surface area contributed by atoms with E-state index in [0.29, 0.717) is 16.9 Å². The van der Waals surface area contributed by atoms with Crippen LogP contribution in [0.15, 0.2) is 18.2 Å². The lowest BCUT2D eigenvalue weighted by Gasteiger charge is -2.22. The molecule has 37 heavy (non-hydrogen) atoms. The number of rotatable bonds is 12. The first kappa shape index (κ1) is 33.0. The molecule has 12 heteroatoms. The summed E-state index contributed by atoms with van der Waals surface area (Å²) in [5, 5.41) is 14.9. The number of nitrogens with one attached hydrogen (secondary N) is 3. The van der Waals surface area contributed by atoms with Gasteiger partial charge in [-0.2, -0.15) is 0 Å². The van der Waals surface area contributed by atoms with Gasteiger partial charge >= 0.3 is 6.09 Å². The summed E-state index contributed by atoms with van der Waals surface area (Å²) < 4.78 is 10.1. The minimum absolute atomic E-state index is 0.0956. The molecule has 12 nitrogen and oxygen atoms in total. The Balaban J connectivity index is 0.00000300. The average Bonchev–Trinajstić information content (AvgIpc) is 2.78. The van der Waals surface area contributed by atoms with E-state index in [1.54, 1.807) is 45.9 Å². The molecular formula is C25H37N3O9. The second kappa shape index (κ2) is 16.7. The van der Waals surface area contributed by atoms with Crippen LogP contribution in [0.2, 0.25) is 0 Å².